The fraction of sp³-hybridized carbons (Fsp3) is 0.400. The first-order valence-corrected chi connectivity index (χ1v) is 6.85. The molecule has 0 atom stereocenters. The largest absolute Gasteiger partial charge is 0.375 e. The van der Waals surface area contributed by atoms with Crippen LogP contribution < -0.4 is 5.32 Å². The van der Waals surface area contributed by atoms with Crippen molar-refractivity contribution in [3.8, 4) is 5.82 Å². The molecule has 2 aromatic rings. The van der Waals surface area contributed by atoms with Gasteiger partial charge in [-0.1, -0.05) is 6.07 Å². The molecule has 2 heterocycles. The number of nitrogens with one attached hydrogen (secondary N) is 1. The molecular formula is C15H20N4O2. The summed E-state index contributed by atoms with van der Waals surface area (Å²) in [6.45, 7) is 4.64. The van der Waals surface area contributed by atoms with E-state index in [4.69, 9.17) is 4.74 Å². The Morgan fingerprint density at radius 3 is 2.86 bits per heavy atom. The summed E-state index contributed by atoms with van der Waals surface area (Å²) in [6.07, 6.45) is 2.48. The summed E-state index contributed by atoms with van der Waals surface area (Å²) >= 11 is 0. The zero-order valence-electron chi connectivity index (χ0n) is 12.6. The van der Waals surface area contributed by atoms with E-state index in [1.807, 2.05) is 36.7 Å². The second kappa shape index (κ2) is 6.99. The molecule has 0 aromatic carbocycles. The van der Waals surface area contributed by atoms with E-state index < -0.39 is 0 Å². The van der Waals surface area contributed by atoms with Crippen molar-refractivity contribution < 1.29 is 9.53 Å². The molecule has 112 valence electrons. The maximum absolute atomic E-state index is 11.4. The lowest BCUT2D eigenvalue weighted by Crippen LogP contribution is -2.29. The molecule has 1 N–H and O–H groups in total. The number of amides is 1. The van der Waals surface area contributed by atoms with Gasteiger partial charge in [-0.25, -0.2) is 9.67 Å². The Balaban J connectivity index is 2.08. The molecule has 0 radical (unpaired) electrons. The predicted molar refractivity (Wildman–Crippen MR) is 79.4 cm³/mol. The van der Waals surface area contributed by atoms with E-state index in [1.165, 1.54) is 7.11 Å². The normalized spacial score (nSPS) is 10.6. The highest BCUT2D eigenvalue weighted by Crippen LogP contribution is 2.16. The SMILES string of the molecule is COCC(=O)NCCc1c(C)nn(-c2ccccn2)c1C. The molecule has 0 aliphatic heterocycles. The molecule has 0 aliphatic rings. The Labute approximate surface area is 124 Å². The van der Waals surface area contributed by atoms with Crippen LogP contribution in [-0.4, -0.2) is 40.9 Å². The highest BCUT2D eigenvalue weighted by Gasteiger charge is 2.13. The Hall–Kier alpha value is -2.21. The van der Waals surface area contributed by atoms with Crippen LogP contribution in [0.1, 0.15) is 17.0 Å². The molecule has 0 spiro atoms. The average Bonchev–Trinajstić information content (AvgIpc) is 2.76. The molecule has 0 aliphatic carbocycles. The number of ether oxygens (including phenoxy) is 1. The van der Waals surface area contributed by atoms with Crippen molar-refractivity contribution in [3.63, 3.8) is 0 Å². The van der Waals surface area contributed by atoms with Crippen molar-refractivity contribution in [1.82, 2.24) is 20.1 Å². The van der Waals surface area contributed by atoms with E-state index in [-0.39, 0.29) is 12.5 Å². The first kappa shape index (κ1) is 15.2. The monoisotopic (exact) mass is 288 g/mol. The maximum Gasteiger partial charge on any atom is 0.245 e. The molecule has 0 unspecified atom stereocenters. The van der Waals surface area contributed by atoms with Crippen molar-refractivity contribution in [2.75, 3.05) is 20.3 Å². The molecule has 0 saturated carbocycles. The highest BCUT2D eigenvalue weighted by atomic mass is 16.5. The quantitative estimate of drug-likeness (QED) is 0.867. The fourth-order valence-corrected chi connectivity index (χ4v) is 2.25. The summed E-state index contributed by atoms with van der Waals surface area (Å²) in [5.41, 5.74) is 3.14. The van der Waals surface area contributed by atoms with Crippen molar-refractivity contribution in [2.24, 2.45) is 0 Å². The minimum atomic E-state index is -0.107. The molecule has 6 heteroatoms. The number of carbonyl (C=O) groups is 1. The number of rotatable bonds is 6. The van der Waals surface area contributed by atoms with Crippen LogP contribution in [-0.2, 0) is 16.0 Å². The van der Waals surface area contributed by atoms with E-state index in [0.29, 0.717) is 6.54 Å². The van der Waals surface area contributed by atoms with Crippen molar-refractivity contribution in [3.05, 3.63) is 41.3 Å². The van der Waals surface area contributed by atoms with Crippen LogP contribution in [0.15, 0.2) is 24.4 Å². The van der Waals surface area contributed by atoms with Crippen molar-refractivity contribution in [1.29, 1.82) is 0 Å². The average molecular weight is 288 g/mol. The summed E-state index contributed by atoms with van der Waals surface area (Å²) < 4.78 is 6.61. The van der Waals surface area contributed by atoms with E-state index in [9.17, 15) is 4.79 Å². The minimum Gasteiger partial charge on any atom is -0.375 e. The topological polar surface area (TPSA) is 69.0 Å². The number of pyridine rings is 1. The second-order valence-corrected chi connectivity index (χ2v) is 4.78. The van der Waals surface area contributed by atoms with Gasteiger partial charge in [-0.05, 0) is 38.0 Å². The molecule has 1 amide bonds. The van der Waals surface area contributed by atoms with Crippen LogP contribution in [0.2, 0.25) is 0 Å². The number of carbonyl (C=O) groups excluding carboxylic acids is 1. The lowest BCUT2D eigenvalue weighted by Gasteiger charge is -2.06. The molecule has 2 aromatic heterocycles. The molecule has 2 rings (SSSR count). The lowest BCUT2D eigenvalue weighted by atomic mass is 10.1. The predicted octanol–water partition coefficient (Wildman–Crippen LogP) is 1.19. The van der Waals surface area contributed by atoms with Gasteiger partial charge < -0.3 is 10.1 Å². The van der Waals surface area contributed by atoms with Crippen LogP contribution in [0.3, 0.4) is 0 Å². The minimum absolute atomic E-state index is 0.0885. The van der Waals surface area contributed by atoms with E-state index in [2.05, 4.69) is 15.4 Å². The van der Waals surface area contributed by atoms with E-state index >= 15 is 0 Å². The summed E-state index contributed by atoms with van der Waals surface area (Å²) in [4.78, 5) is 15.7. The summed E-state index contributed by atoms with van der Waals surface area (Å²) in [7, 11) is 1.50. The number of aromatic nitrogens is 3. The highest BCUT2D eigenvalue weighted by molar-refractivity contribution is 5.77. The number of methoxy groups -OCH3 is 1. The molecule has 6 nitrogen and oxygen atoms in total. The van der Waals surface area contributed by atoms with Gasteiger partial charge in [0.05, 0.1) is 5.69 Å². The molecule has 0 saturated heterocycles. The third-order valence-electron chi connectivity index (χ3n) is 3.28. The van der Waals surface area contributed by atoms with Gasteiger partial charge in [-0.3, -0.25) is 4.79 Å². The van der Waals surface area contributed by atoms with Gasteiger partial charge >= 0.3 is 0 Å². The zero-order valence-corrected chi connectivity index (χ0v) is 12.6. The van der Waals surface area contributed by atoms with Gasteiger partial charge in [0, 0.05) is 25.5 Å². The Bertz CT molecular complexity index is 608. The van der Waals surface area contributed by atoms with Gasteiger partial charge in [0.2, 0.25) is 5.91 Å². The number of aryl methyl sites for hydroxylation is 1. The van der Waals surface area contributed by atoms with Crippen LogP contribution in [0.4, 0.5) is 0 Å². The summed E-state index contributed by atoms with van der Waals surface area (Å²) in [5, 5.41) is 7.35. The summed E-state index contributed by atoms with van der Waals surface area (Å²) in [6, 6.07) is 5.73. The maximum atomic E-state index is 11.4. The van der Waals surface area contributed by atoms with Crippen LogP contribution in [0.5, 0.6) is 0 Å². The second-order valence-electron chi connectivity index (χ2n) is 4.78. The van der Waals surface area contributed by atoms with Crippen LogP contribution in [0, 0.1) is 13.8 Å². The molecule has 0 fully saturated rings. The lowest BCUT2D eigenvalue weighted by molar-refractivity contribution is -0.124. The van der Waals surface area contributed by atoms with E-state index in [0.717, 1.165) is 29.2 Å². The van der Waals surface area contributed by atoms with Gasteiger partial charge in [0.1, 0.15) is 6.61 Å². The van der Waals surface area contributed by atoms with Gasteiger partial charge in [-0.2, -0.15) is 5.10 Å². The van der Waals surface area contributed by atoms with Gasteiger partial charge in [0.25, 0.3) is 0 Å². The third kappa shape index (κ3) is 3.66. The molecular weight excluding hydrogens is 268 g/mol. The van der Waals surface area contributed by atoms with Crippen LogP contribution in [0.25, 0.3) is 5.82 Å². The number of hydrogen-bond donors (Lipinski definition) is 1. The molecule has 21 heavy (non-hydrogen) atoms. The standard InChI is InChI=1S/C15H20N4O2/c1-11-13(7-9-17-15(20)10-21-3)12(2)19(18-11)14-6-4-5-8-16-14/h4-6,8H,7,9-10H2,1-3H3,(H,17,20). The van der Waals surface area contributed by atoms with Gasteiger partial charge in [-0.15, -0.1) is 0 Å². The fourth-order valence-electron chi connectivity index (χ4n) is 2.25. The van der Waals surface area contributed by atoms with E-state index in [1.54, 1.807) is 6.20 Å². The van der Waals surface area contributed by atoms with Crippen molar-refractivity contribution >= 4 is 5.91 Å². The zero-order chi connectivity index (χ0) is 15.2. The number of hydrogen-bond acceptors (Lipinski definition) is 4. The molecule has 0 bridgehead atoms. The summed E-state index contributed by atoms with van der Waals surface area (Å²) in [5.74, 6) is 0.692. The van der Waals surface area contributed by atoms with Crippen LogP contribution >= 0.6 is 0 Å². The third-order valence-corrected chi connectivity index (χ3v) is 3.28. The smallest absolute Gasteiger partial charge is 0.245 e. The van der Waals surface area contributed by atoms with Crippen molar-refractivity contribution in [2.45, 2.75) is 20.3 Å². The Kier molecular flexibility index (Phi) is 5.05. The Morgan fingerprint density at radius 1 is 1.38 bits per heavy atom. The van der Waals surface area contributed by atoms with Gasteiger partial charge in [0.15, 0.2) is 5.82 Å². The Morgan fingerprint density at radius 2 is 2.19 bits per heavy atom. The first-order chi connectivity index (χ1) is 10.1. The first-order valence-electron chi connectivity index (χ1n) is 6.85. The number of nitrogens with zero attached hydrogens (tertiary/aromatic N) is 3.